The fourth-order valence-electron chi connectivity index (χ4n) is 8.09. The largest absolute Gasteiger partial charge is 0.462 e. The second kappa shape index (κ2) is 49.1. The van der Waals surface area contributed by atoms with Crippen LogP contribution in [0, 0.1) is 0 Å². The monoisotopic (exact) mass is 835 g/mol. The maximum absolute atomic E-state index is 12.8. The molecule has 350 valence electrons. The molecule has 0 fully saturated rings. The van der Waals surface area contributed by atoms with Crippen molar-refractivity contribution in [2.75, 3.05) is 13.2 Å². The third-order valence-corrected chi connectivity index (χ3v) is 12.1. The van der Waals surface area contributed by atoms with E-state index in [1.807, 2.05) is 0 Å². The van der Waals surface area contributed by atoms with E-state index in [1.165, 1.54) is 205 Å². The Morgan fingerprint density at radius 3 is 0.678 bits per heavy atom. The Kier molecular flexibility index (Phi) is 47.7. The molecule has 6 heteroatoms. The summed E-state index contributed by atoms with van der Waals surface area (Å²) >= 11 is 0. The SMILES string of the molecule is CCCCCCCCCCCCCCCCCCCCC(=O)OC[C@H](COC(=O)CCCCCCCCCCCC)OC(=O)CCCCCCCCCCCCCCC. The Balaban J connectivity index is 4.24. The molecule has 0 unspecified atom stereocenters. The van der Waals surface area contributed by atoms with Gasteiger partial charge < -0.3 is 14.2 Å². The van der Waals surface area contributed by atoms with Crippen LogP contribution in [0.15, 0.2) is 0 Å². The second-order valence-corrected chi connectivity index (χ2v) is 18.2. The first-order chi connectivity index (χ1) is 29.0. The van der Waals surface area contributed by atoms with Crippen molar-refractivity contribution in [3.63, 3.8) is 0 Å². The van der Waals surface area contributed by atoms with Crippen LogP contribution in [0.25, 0.3) is 0 Å². The van der Waals surface area contributed by atoms with Gasteiger partial charge in [-0.3, -0.25) is 14.4 Å². The highest BCUT2D eigenvalue weighted by molar-refractivity contribution is 5.71. The Bertz CT molecular complexity index is 874. The lowest BCUT2D eigenvalue weighted by Gasteiger charge is -2.18. The third kappa shape index (κ3) is 47.3. The van der Waals surface area contributed by atoms with E-state index in [0.717, 1.165) is 57.8 Å². The average Bonchev–Trinajstić information content (AvgIpc) is 3.23. The summed E-state index contributed by atoms with van der Waals surface area (Å²) in [4.78, 5) is 37.9. The number of unbranched alkanes of at least 4 members (excludes halogenated alkanes) is 38. The van der Waals surface area contributed by atoms with E-state index in [-0.39, 0.29) is 31.1 Å². The molecular weight excluding hydrogens is 733 g/mol. The highest BCUT2D eigenvalue weighted by atomic mass is 16.6. The van der Waals surface area contributed by atoms with Gasteiger partial charge in [-0.2, -0.15) is 0 Å². The van der Waals surface area contributed by atoms with Crippen molar-refractivity contribution in [1.29, 1.82) is 0 Å². The molecule has 0 spiro atoms. The molecule has 1 atom stereocenters. The number of hydrogen-bond donors (Lipinski definition) is 0. The van der Waals surface area contributed by atoms with Crippen molar-refractivity contribution in [3.8, 4) is 0 Å². The van der Waals surface area contributed by atoms with E-state index < -0.39 is 6.10 Å². The molecular formula is C53H102O6. The van der Waals surface area contributed by atoms with Crippen LogP contribution < -0.4 is 0 Å². The minimum absolute atomic E-state index is 0.0617. The van der Waals surface area contributed by atoms with Gasteiger partial charge >= 0.3 is 17.9 Å². The smallest absolute Gasteiger partial charge is 0.306 e. The van der Waals surface area contributed by atoms with Gasteiger partial charge in [0.1, 0.15) is 13.2 Å². The molecule has 0 aromatic rings. The molecule has 0 amide bonds. The number of ether oxygens (including phenoxy) is 3. The maximum Gasteiger partial charge on any atom is 0.306 e. The lowest BCUT2D eigenvalue weighted by molar-refractivity contribution is -0.167. The summed E-state index contributed by atoms with van der Waals surface area (Å²) in [6.07, 6.45) is 52.3. The molecule has 0 rings (SSSR count). The van der Waals surface area contributed by atoms with Gasteiger partial charge in [0, 0.05) is 19.3 Å². The van der Waals surface area contributed by atoms with Gasteiger partial charge in [0.2, 0.25) is 0 Å². The van der Waals surface area contributed by atoms with E-state index >= 15 is 0 Å². The van der Waals surface area contributed by atoms with E-state index in [9.17, 15) is 14.4 Å². The zero-order valence-corrected chi connectivity index (χ0v) is 40.1. The average molecular weight is 835 g/mol. The molecule has 0 aliphatic rings. The molecule has 0 N–H and O–H groups in total. The van der Waals surface area contributed by atoms with Crippen LogP contribution in [0.2, 0.25) is 0 Å². The van der Waals surface area contributed by atoms with Gasteiger partial charge in [0.25, 0.3) is 0 Å². The highest BCUT2D eigenvalue weighted by Crippen LogP contribution is 2.17. The molecule has 59 heavy (non-hydrogen) atoms. The quantitative estimate of drug-likeness (QED) is 0.0345. The van der Waals surface area contributed by atoms with Gasteiger partial charge in [0.15, 0.2) is 6.10 Å². The number of carbonyl (C=O) groups excluding carboxylic acids is 3. The van der Waals surface area contributed by atoms with Crippen LogP contribution in [0.3, 0.4) is 0 Å². The zero-order chi connectivity index (χ0) is 43.0. The first-order valence-corrected chi connectivity index (χ1v) is 26.5. The summed E-state index contributed by atoms with van der Waals surface area (Å²) in [7, 11) is 0. The van der Waals surface area contributed by atoms with Crippen molar-refractivity contribution in [1.82, 2.24) is 0 Å². The predicted molar refractivity (Wildman–Crippen MR) is 252 cm³/mol. The van der Waals surface area contributed by atoms with Gasteiger partial charge in [-0.05, 0) is 19.3 Å². The standard InChI is InChI=1S/C53H102O6/c1-4-7-10-13-16-19-22-24-25-26-27-28-30-31-34-37-40-43-46-52(55)58-49-50(48-57-51(54)45-42-39-36-33-21-18-15-12-9-6-3)59-53(56)47-44-41-38-35-32-29-23-20-17-14-11-8-5-2/h50H,4-49H2,1-3H3/t50-/m0/s1. The molecule has 0 bridgehead atoms. The first kappa shape index (κ1) is 57.4. The molecule has 0 saturated carbocycles. The summed E-state index contributed by atoms with van der Waals surface area (Å²) in [5, 5.41) is 0. The number of carbonyl (C=O) groups is 3. The highest BCUT2D eigenvalue weighted by Gasteiger charge is 2.19. The van der Waals surface area contributed by atoms with Crippen LogP contribution in [-0.2, 0) is 28.6 Å². The fourth-order valence-corrected chi connectivity index (χ4v) is 8.09. The lowest BCUT2D eigenvalue weighted by atomic mass is 10.0. The molecule has 0 aromatic carbocycles. The van der Waals surface area contributed by atoms with Gasteiger partial charge in [-0.15, -0.1) is 0 Å². The summed E-state index contributed by atoms with van der Waals surface area (Å²) in [5.74, 6) is -0.841. The van der Waals surface area contributed by atoms with Crippen molar-refractivity contribution >= 4 is 17.9 Å². The second-order valence-electron chi connectivity index (χ2n) is 18.2. The van der Waals surface area contributed by atoms with Crippen molar-refractivity contribution in [3.05, 3.63) is 0 Å². The van der Waals surface area contributed by atoms with Crippen LogP contribution in [0.4, 0.5) is 0 Å². The molecule has 0 radical (unpaired) electrons. The predicted octanol–water partition coefficient (Wildman–Crippen LogP) is 17.2. The maximum atomic E-state index is 12.8. The van der Waals surface area contributed by atoms with Gasteiger partial charge in [-0.1, -0.05) is 265 Å². The van der Waals surface area contributed by atoms with Gasteiger partial charge in [-0.25, -0.2) is 0 Å². The summed E-state index contributed by atoms with van der Waals surface area (Å²) in [5.41, 5.74) is 0. The minimum atomic E-state index is -0.759. The molecule has 0 aromatic heterocycles. The fraction of sp³-hybridized carbons (Fsp3) is 0.943. The topological polar surface area (TPSA) is 78.9 Å². The third-order valence-electron chi connectivity index (χ3n) is 12.1. The summed E-state index contributed by atoms with van der Waals surface area (Å²) in [6, 6.07) is 0. The number of hydrogen-bond acceptors (Lipinski definition) is 6. The molecule has 0 saturated heterocycles. The minimum Gasteiger partial charge on any atom is -0.462 e. The zero-order valence-electron chi connectivity index (χ0n) is 40.1. The van der Waals surface area contributed by atoms with E-state index in [2.05, 4.69) is 20.8 Å². The van der Waals surface area contributed by atoms with E-state index in [0.29, 0.717) is 19.3 Å². The summed E-state index contributed by atoms with van der Waals surface area (Å²) < 4.78 is 16.8. The van der Waals surface area contributed by atoms with Crippen molar-refractivity contribution < 1.29 is 28.6 Å². The van der Waals surface area contributed by atoms with Crippen molar-refractivity contribution in [2.45, 2.75) is 309 Å². The van der Waals surface area contributed by atoms with Crippen LogP contribution >= 0.6 is 0 Å². The summed E-state index contributed by atoms with van der Waals surface area (Å²) in [6.45, 7) is 6.67. The van der Waals surface area contributed by atoms with Crippen LogP contribution in [0.1, 0.15) is 303 Å². The van der Waals surface area contributed by atoms with E-state index in [4.69, 9.17) is 14.2 Å². The lowest BCUT2D eigenvalue weighted by Crippen LogP contribution is -2.30. The molecule has 0 heterocycles. The Labute approximate surface area is 368 Å². The Morgan fingerprint density at radius 2 is 0.458 bits per heavy atom. The Hall–Kier alpha value is -1.59. The number of esters is 3. The Morgan fingerprint density at radius 1 is 0.271 bits per heavy atom. The number of rotatable bonds is 49. The molecule has 0 aliphatic carbocycles. The first-order valence-electron chi connectivity index (χ1n) is 26.5. The molecule has 6 nitrogen and oxygen atoms in total. The van der Waals surface area contributed by atoms with E-state index in [1.54, 1.807) is 0 Å². The van der Waals surface area contributed by atoms with Crippen molar-refractivity contribution in [2.24, 2.45) is 0 Å². The normalized spacial score (nSPS) is 11.8. The van der Waals surface area contributed by atoms with Gasteiger partial charge in [0.05, 0.1) is 0 Å². The van der Waals surface area contributed by atoms with Crippen LogP contribution in [0.5, 0.6) is 0 Å². The molecule has 0 aliphatic heterocycles. The van der Waals surface area contributed by atoms with Crippen LogP contribution in [-0.4, -0.2) is 37.2 Å².